The molecule has 28 heavy (non-hydrogen) atoms. The molecular formula is C25H32O3. The summed E-state index contributed by atoms with van der Waals surface area (Å²) in [6, 6.07) is 17.2. The van der Waals surface area contributed by atoms with E-state index < -0.39 is 6.29 Å². The summed E-state index contributed by atoms with van der Waals surface area (Å²) in [6.07, 6.45) is 7.61. The molecule has 0 aromatic heterocycles. The predicted octanol–water partition coefficient (Wildman–Crippen LogP) is 5.76. The summed E-state index contributed by atoms with van der Waals surface area (Å²) in [5.41, 5.74) is 2.85. The number of allylic oxidation sites excluding steroid dienone is 5. The molecule has 0 amide bonds. The van der Waals surface area contributed by atoms with E-state index in [4.69, 9.17) is 14.9 Å². The molecule has 3 heteroatoms. The first-order valence-electron chi connectivity index (χ1n) is 9.38. The molecule has 2 rings (SSSR count). The van der Waals surface area contributed by atoms with Gasteiger partial charge in [-0.3, -0.25) is 0 Å². The lowest BCUT2D eigenvalue weighted by molar-refractivity contribution is -0.0425. The largest absolute Gasteiger partial charge is 0.488 e. The summed E-state index contributed by atoms with van der Waals surface area (Å²) in [7, 11) is 0. The van der Waals surface area contributed by atoms with Gasteiger partial charge in [-0.25, -0.2) is 0 Å². The number of aliphatic hydroxyl groups excluding tert-OH is 1. The summed E-state index contributed by atoms with van der Waals surface area (Å²) >= 11 is 0. The second kappa shape index (κ2) is 12.0. The van der Waals surface area contributed by atoms with Gasteiger partial charge in [0.2, 0.25) is 0 Å². The molecule has 0 radical (unpaired) electrons. The van der Waals surface area contributed by atoms with Crippen LogP contribution in [-0.2, 0) is 6.42 Å². The number of aliphatic hydroxyl groups is 2. The lowest BCUT2D eigenvalue weighted by Crippen LogP contribution is -2.22. The monoisotopic (exact) mass is 380 g/mol. The first-order valence-corrected chi connectivity index (χ1v) is 9.38. The molecule has 2 N–H and O–H groups in total. The topological polar surface area (TPSA) is 49.7 Å². The van der Waals surface area contributed by atoms with Crippen molar-refractivity contribution in [3.63, 3.8) is 0 Å². The van der Waals surface area contributed by atoms with Crippen molar-refractivity contribution in [3.05, 3.63) is 102 Å². The Labute approximate surface area is 169 Å². The Hall–Kier alpha value is -2.62. The van der Waals surface area contributed by atoms with Crippen molar-refractivity contribution in [2.45, 2.75) is 46.0 Å². The zero-order valence-corrected chi connectivity index (χ0v) is 17.3. The molecule has 0 heterocycles. The van der Waals surface area contributed by atoms with Gasteiger partial charge in [0.25, 0.3) is 0 Å². The van der Waals surface area contributed by atoms with Gasteiger partial charge in [0.15, 0.2) is 6.29 Å². The van der Waals surface area contributed by atoms with Crippen LogP contribution in [-0.4, -0.2) is 15.8 Å². The molecule has 0 unspecified atom stereocenters. The number of benzene rings is 2. The van der Waals surface area contributed by atoms with E-state index in [9.17, 15) is 0 Å². The SMILES string of the molecule is C=C/C=C(\C=C/C)Cc1ccccc1.CC(C)(C)Oc1ccc(C(O)O)cc1. The molecule has 2 aromatic carbocycles. The van der Waals surface area contributed by atoms with E-state index in [1.54, 1.807) is 24.3 Å². The molecule has 0 aliphatic rings. The number of rotatable bonds is 6. The minimum atomic E-state index is -1.42. The summed E-state index contributed by atoms with van der Waals surface area (Å²) in [4.78, 5) is 0. The number of hydrogen-bond acceptors (Lipinski definition) is 3. The molecule has 150 valence electrons. The molecule has 0 saturated heterocycles. The quantitative estimate of drug-likeness (QED) is 0.494. The van der Waals surface area contributed by atoms with E-state index in [1.807, 2.05) is 45.9 Å². The highest BCUT2D eigenvalue weighted by Gasteiger charge is 2.11. The number of hydrogen-bond donors (Lipinski definition) is 2. The highest BCUT2D eigenvalue weighted by atomic mass is 16.5. The molecule has 0 saturated carbocycles. The third-order valence-electron chi connectivity index (χ3n) is 3.57. The second-order valence-corrected chi connectivity index (χ2v) is 7.30. The fraction of sp³-hybridized carbons (Fsp3) is 0.280. The summed E-state index contributed by atoms with van der Waals surface area (Å²) in [6.45, 7) is 11.6. The van der Waals surface area contributed by atoms with Crippen molar-refractivity contribution in [2.24, 2.45) is 0 Å². The third kappa shape index (κ3) is 9.91. The Balaban J connectivity index is 0.000000280. The van der Waals surface area contributed by atoms with Gasteiger partial charge in [-0.15, -0.1) is 0 Å². The van der Waals surface area contributed by atoms with E-state index in [-0.39, 0.29) is 5.60 Å². The maximum atomic E-state index is 8.86. The van der Waals surface area contributed by atoms with Crippen LogP contribution in [0, 0.1) is 0 Å². The predicted molar refractivity (Wildman–Crippen MR) is 117 cm³/mol. The molecule has 0 bridgehead atoms. The van der Waals surface area contributed by atoms with E-state index in [1.165, 1.54) is 11.1 Å². The maximum absolute atomic E-state index is 8.86. The molecule has 2 aromatic rings. The first-order chi connectivity index (χ1) is 13.2. The van der Waals surface area contributed by atoms with Crippen LogP contribution in [0.4, 0.5) is 0 Å². The Morgan fingerprint density at radius 2 is 1.64 bits per heavy atom. The first kappa shape index (κ1) is 23.4. The Morgan fingerprint density at radius 3 is 2.11 bits per heavy atom. The fourth-order valence-corrected chi connectivity index (χ4v) is 2.43. The van der Waals surface area contributed by atoms with Crippen LogP contribution in [0.5, 0.6) is 5.75 Å². The lowest BCUT2D eigenvalue weighted by atomic mass is 10.0. The second-order valence-electron chi connectivity index (χ2n) is 7.30. The average molecular weight is 381 g/mol. The summed E-state index contributed by atoms with van der Waals surface area (Å²) in [5.74, 6) is 0.724. The highest BCUT2D eigenvalue weighted by Crippen LogP contribution is 2.20. The molecule has 0 spiro atoms. The van der Waals surface area contributed by atoms with Crippen LogP contribution < -0.4 is 4.74 Å². The third-order valence-corrected chi connectivity index (χ3v) is 3.57. The van der Waals surface area contributed by atoms with Crippen LogP contribution in [0.25, 0.3) is 0 Å². The van der Waals surface area contributed by atoms with Crippen LogP contribution in [0.15, 0.2) is 91.1 Å². The van der Waals surface area contributed by atoms with Crippen molar-refractivity contribution >= 4 is 0 Å². The lowest BCUT2D eigenvalue weighted by Gasteiger charge is -2.21. The maximum Gasteiger partial charge on any atom is 0.178 e. The molecule has 0 aliphatic heterocycles. The average Bonchev–Trinajstić information content (AvgIpc) is 2.63. The fourth-order valence-electron chi connectivity index (χ4n) is 2.43. The van der Waals surface area contributed by atoms with Crippen molar-refractivity contribution in [1.82, 2.24) is 0 Å². The highest BCUT2D eigenvalue weighted by molar-refractivity contribution is 5.30. The smallest absolute Gasteiger partial charge is 0.178 e. The van der Waals surface area contributed by atoms with E-state index in [2.05, 4.69) is 43.0 Å². The number of ether oxygens (including phenoxy) is 1. The minimum Gasteiger partial charge on any atom is -0.488 e. The van der Waals surface area contributed by atoms with Gasteiger partial charge in [-0.05, 0) is 57.4 Å². The normalized spacial score (nSPS) is 11.9. The molecule has 0 aliphatic carbocycles. The van der Waals surface area contributed by atoms with E-state index >= 15 is 0 Å². The summed E-state index contributed by atoms with van der Waals surface area (Å²) in [5, 5.41) is 17.7. The summed E-state index contributed by atoms with van der Waals surface area (Å²) < 4.78 is 5.57. The zero-order chi connectivity index (χ0) is 21.0. The van der Waals surface area contributed by atoms with Gasteiger partial charge in [-0.2, -0.15) is 0 Å². The molecule has 3 nitrogen and oxygen atoms in total. The molecular weight excluding hydrogens is 348 g/mol. The van der Waals surface area contributed by atoms with Crippen LogP contribution in [0.1, 0.15) is 45.1 Å². The Morgan fingerprint density at radius 1 is 1.04 bits per heavy atom. The van der Waals surface area contributed by atoms with Gasteiger partial charge >= 0.3 is 0 Å². The zero-order valence-electron chi connectivity index (χ0n) is 17.3. The van der Waals surface area contributed by atoms with Gasteiger partial charge in [0.1, 0.15) is 11.4 Å². The van der Waals surface area contributed by atoms with Crippen molar-refractivity contribution in [2.75, 3.05) is 0 Å². The van der Waals surface area contributed by atoms with Crippen molar-refractivity contribution in [1.29, 1.82) is 0 Å². The molecule has 0 fully saturated rings. The van der Waals surface area contributed by atoms with Crippen molar-refractivity contribution in [3.8, 4) is 5.75 Å². The van der Waals surface area contributed by atoms with Gasteiger partial charge in [0, 0.05) is 5.56 Å². The Kier molecular flexibility index (Phi) is 10.0. The van der Waals surface area contributed by atoms with Crippen LogP contribution in [0.2, 0.25) is 0 Å². The van der Waals surface area contributed by atoms with E-state index in [0.29, 0.717) is 5.56 Å². The molecule has 0 atom stereocenters. The van der Waals surface area contributed by atoms with Crippen molar-refractivity contribution < 1.29 is 14.9 Å². The van der Waals surface area contributed by atoms with Crippen LogP contribution >= 0.6 is 0 Å². The van der Waals surface area contributed by atoms with Gasteiger partial charge < -0.3 is 14.9 Å². The van der Waals surface area contributed by atoms with Gasteiger partial charge in [-0.1, -0.05) is 73.3 Å². The Bertz CT molecular complexity index is 749. The minimum absolute atomic E-state index is 0.237. The van der Waals surface area contributed by atoms with Crippen LogP contribution in [0.3, 0.4) is 0 Å². The standard InChI is InChI=1S/C14H16.C11H16O3/c1-3-8-13(9-4-2)12-14-10-6-5-7-11-14;1-11(2,3)14-9-6-4-8(5-7-9)10(12)13/h3-11H,1,12H2,2H3;4-7,10,12-13H,1-3H3/b9-4-,13-8+;. The van der Waals surface area contributed by atoms with E-state index in [0.717, 1.165) is 12.2 Å². The van der Waals surface area contributed by atoms with Gasteiger partial charge in [0.05, 0.1) is 0 Å².